The van der Waals surface area contributed by atoms with Crippen LogP contribution in [0.25, 0.3) is 10.9 Å². The number of hydrogen-bond donors (Lipinski definition) is 1. The van der Waals surface area contributed by atoms with Crippen molar-refractivity contribution < 1.29 is 13.2 Å². The molecular formula is C28H38N4O3S. The Bertz CT molecular complexity index is 1320. The minimum absolute atomic E-state index is 0.0151. The first-order valence-corrected chi connectivity index (χ1v) is 14.8. The van der Waals surface area contributed by atoms with Gasteiger partial charge in [-0.2, -0.15) is 5.26 Å². The lowest BCUT2D eigenvalue weighted by Gasteiger charge is -2.38. The Morgan fingerprint density at radius 3 is 2.39 bits per heavy atom. The molecule has 194 valence electrons. The van der Waals surface area contributed by atoms with E-state index in [1.54, 1.807) is 18.2 Å². The molecule has 36 heavy (non-hydrogen) atoms. The first kappa shape index (κ1) is 25.3. The minimum Gasteiger partial charge on any atom is -0.346 e. The van der Waals surface area contributed by atoms with Crippen molar-refractivity contribution in [2.24, 2.45) is 18.4 Å². The number of amides is 1. The standard InChI is InChI=1S/C28H38N4O3S/c1-28(2,3)25-6-5-15-32(25)27(33)19-9-11-20(12-10-19)30-36(34,35)21-13-14-22-23(17-29)26(18-7-8-18)31(4)24(22)16-21/h13-14,16,18-20,25,30H,5-12,15H2,1-4H3. The Morgan fingerprint density at radius 1 is 1.08 bits per heavy atom. The van der Waals surface area contributed by atoms with Crippen LogP contribution in [0.5, 0.6) is 0 Å². The van der Waals surface area contributed by atoms with E-state index in [-0.39, 0.29) is 34.2 Å². The smallest absolute Gasteiger partial charge is 0.240 e. The van der Waals surface area contributed by atoms with Gasteiger partial charge >= 0.3 is 0 Å². The average Bonchev–Trinajstić information content (AvgIpc) is 3.45. The zero-order valence-electron chi connectivity index (χ0n) is 21.9. The van der Waals surface area contributed by atoms with Crippen LogP contribution in [0.2, 0.25) is 0 Å². The summed E-state index contributed by atoms with van der Waals surface area (Å²) in [5.74, 6) is 0.633. The number of carbonyl (C=O) groups is 1. The summed E-state index contributed by atoms with van der Waals surface area (Å²) < 4.78 is 31.5. The first-order chi connectivity index (χ1) is 17.0. The van der Waals surface area contributed by atoms with Crippen LogP contribution in [-0.4, -0.2) is 42.4 Å². The van der Waals surface area contributed by atoms with E-state index in [0.29, 0.717) is 37.2 Å². The number of nitrogens with one attached hydrogen (secondary N) is 1. The van der Waals surface area contributed by atoms with Crippen LogP contribution in [-0.2, 0) is 21.9 Å². The summed E-state index contributed by atoms with van der Waals surface area (Å²) in [6.07, 6.45) is 7.04. The maximum Gasteiger partial charge on any atom is 0.240 e. The van der Waals surface area contributed by atoms with Crippen LogP contribution >= 0.6 is 0 Å². The van der Waals surface area contributed by atoms with E-state index in [1.807, 2.05) is 11.6 Å². The van der Waals surface area contributed by atoms with Gasteiger partial charge in [0.15, 0.2) is 0 Å². The molecule has 0 spiro atoms. The summed E-state index contributed by atoms with van der Waals surface area (Å²) in [4.78, 5) is 15.6. The molecule has 7 nitrogen and oxygen atoms in total. The second kappa shape index (κ2) is 9.18. The second-order valence-corrected chi connectivity index (χ2v) is 13.8. The molecule has 3 aliphatic rings. The van der Waals surface area contributed by atoms with Crippen molar-refractivity contribution in [3.8, 4) is 6.07 Å². The number of rotatable bonds is 5. The van der Waals surface area contributed by atoms with Gasteiger partial charge in [-0.05, 0) is 68.9 Å². The molecule has 8 heteroatoms. The summed E-state index contributed by atoms with van der Waals surface area (Å²) in [6, 6.07) is 7.52. The third-order valence-corrected chi connectivity index (χ3v) is 10.1. The maximum atomic E-state index is 13.3. The van der Waals surface area contributed by atoms with Crippen molar-refractivity contribution in [1.82, 2.24) is 14.2 Å². The number of sulfonamides is 1. The zero-order chi connectivity index (χ0) is 25.8. The summed E-state index contributed by atoms with van der Waals surface area (Å²) in [5, 5.41) is 10.5. The monoisotopic (exact) mass is 510 g/mol. The van der Waals surface area contributed by atoms with E-state index >= 15 is 0 Å². The van der Waals surface area contributed by atoms with Crippen molar-refractivity contribution in [1.29, 1.82) is 5.26 Å². The SMILES string of the molecule is Cn1c(C2CC2)c(C#N)c2ccc(S(=O)(=O)NC3CCC(C(=O)N4CCCC4C(C)(C)C)CC3)cc21. The number of fused-ring (bicyclic) bond motifs is 1. The fourth-order valence-electron chi connectivity index (χ4n) is 6.47. The van der Waals surface area contributed by atoms with E-state index in [9.17, 15) is 18.5 Å². The van der Waals surface area contributed by atoms with Crippen LogP contribution in [0.15, 0.2) is 23.1 Å². The average molecular weight is 511 g/mol. The van der Waals surface area contributed by atoms with E-state index in [1.165, 1.54) is 0 Å². The molecule has 0 bridgehead atoms. The van der Waals surface area contributed by atoms with Crippen molar-refractivity contribution in [2.75, 3.05) is 6.54 Å². The van der Waals surface area contributed by atoms with Crippen LogP contribution in [0.4, 0.5) is 0 Å². The van der Waals surface area contributed by atoms with Gasteiger partial charge in [0.2, 0.25) is 15.9 Å². The van der Waals surface area contributed by atoms with Crippen LogP contribution in [0, 0.1) is 22.7 Å². The second-order valence-electron chi connectivity index (χ2n) is 12.1. The molecule has 2 aromatic rings. The lowest BCUT2D eigenvalue weighted by atomic mass is 9.82. The molecule has 2 aliphatic carbocycles. The van der Waals surface area contributed by atoms with Gasteiger partial charge in [-0.1, -0.05) is 26.8 Å². The molecule has 1 unspecified atom stereocenters. The topological polar surface area (TPSA) is 95.2 Å². The fraction of sp³-hybridized carbons (Fsp3) is 0.643. The molecule has 1 N–H and O–H groups in total. The predicted octanol–water partition coefficient (Wildman–Crippen LogP) is 4.80. The number of nitrogens with zero attached hydrogens (tertiary/aromatic N) is 3. The molecule has 1 atom stereocenters. The van der Waals surface area contributed by atoms with Gasteiger partial charge in [0.25, 0.3) is 0 Å². The van der Waals surface area contributed by atoms with Crippen LogP contribution < -0.4 is 4.72 Å². The third-order valence-electron chi connectivity index (χ3n) is 8.54. The largest absolute Gasteiger partial charge is 0.346 e. The molecule has 2 heterocycles. The molecule has 2 saturated carbocycles. The Hall–Kier alpha value is -2.37. The van der Waals surface area contributed by atoms with Crippen molar-refractivity contribution >= 4 is 26.8 Å². The Morgan fingerprint density at radius 2 is 1.78 bits per heavy atom. The highest BCUT2D eigenvalue weighted by molar-refractivity contribution is 7.89. The van der Waals surface area contributed by atoms with Gasteiger partial charge in [0, 0.05) is 48.6 Å². The highest BCUT2D eigenvalue weighted by Crippen LogP contribution is 2.44. The first-order valence-electron chi connectivity index (χ1n) is 13.4. The number of aromatic nitrogens is 1. The van der Waals surface area contributed by atoms with Gasteiger partial charge < -0.3 is 9.47 Å². The van der Waals surface area contributed by atoms with E-state index < -0.39 is 10.0 Å². The van der Waals surface area contributed by atoms with Gasteiger partial charge in [0.05, 0.1) is 16.0 Å². The van der Waals surface area contributed by atoms with E-state index in [4.69, 9.17) is 0 Å². The number of carbonyl (C=O) groups excluding carboxylic acids is 1. The van der Waals surface area contributed by atoms with Gasteiger partial charge in [-0.25, -0.2) is 13.1 Å². The molecule has 1 aliphatic heterocycles. The molecule has 0 radical (unpaired) electrons. The lowest BCUT2D eigenvalue weighted by Crippen LogP contribution is -2.47. The van der Waals surface area contributed by atoms with Crippen LogP contribution in [0.1, 0.15) is 89.3 Å². The summed E-state index contributed by atoms with van der Waals surface area (Å²) >= 11 is 0. The van der Waals surface area contributed by atoms with Crippen molar-refractivity contribution in [3.05, 3.63) is 29.5 Å². The summed E-state index contributed by atoms with van der Waals surface area (Å²) in [5.41, 5.74) is 2.54. The summed E-state index contributed by atoms with van der Waals surface area (Å²) in [7, 11) is -1.79. The van der Waals surface area contributed by atoms with E-state index in [0.717, 1.165) is 48.8 Å². The number of benzene rings is 1. The molecule has 1 aromatic carbocycles. The Labute approximate surface area is 214 Å². The zero-order valence-corrected chi connectivity index (χ0v) is 22.7. The van der Waals surface area contributed by atoms with Crippen molar-refractivity contribution in [2.45, 2.75) is 95.0 Å². The quantitative estimate of drug-likeness (QED) is 0.625. The molecule has 1 aromatic heterocycles. The molecule has 1 amide bonds. The lowest BCUT2D eigenvalue weighted by molar-refractivity contribution is -0.139. The highest BCUT2D eigenvalue weighted by atomic mass is 32.2. The van der Waals surface area contributed by atoms with E-state index in [2.05, 4.69) is 36.5 Å². The Balaban J connectivity index is 1.26. The molecule has 1 saturated heterocycles. The normalized spacial score (nSPS) is 25.3. The van der Waals surface area contributed by atoms with Crippen LogP contribution in [0.3, 0.4) is 0 Å². The number of nitriles is 1. The number of hydrogen-bond acceptors (Lipinski definition) is 4. The van der Waals surface area contributed by atoms with Gasteiger partial charge in [0.1, 0.15) is 6.07 Å². The third kappa shape index (κ3) is 4.56. The van der Waals surface area contributed by atoms with Gasteiger partial charge in [-0.15, -0.1) is 0 Å². The van der Waals surface area contributed by atoms with Crippen molar-refractivity contribution in [3.63, 3.8) is 0 Å². The Kier molecular flexibility index (Phi) is 6.45. The summed E-state index contributed by atoms with van der Waals surface area (Å²) in [6.45, 7) is 7.45. The molecule has 5 rings (SSSR count). The van der Waals surface area contributed by atoms with Gasteiger partial charge in [-0.3, -0.25) is 4.79 Å². The predicted molar refractivity (Wildman–Crippen MR) is 140 cm³/mol. The molecule has 3 fully saturated rings. The molecular weight excluding hydrogens is 472 g/mol. The number of likely N-dealkylation sites (tertiary alicyclic amines) is 1. The highest BCUT2D eigenvalue weighted by Gasteiger charge is 2.40. The minimum atomic E-state index is -3.71. The fourth-order valence-corrected chi connectivity index (χ4v) is 7.79. The number of aryl methyl sites for hydroxylation is 1. The maximum absolute atomic E-state index is 13.3.